The first-order valence-corrected chi connectivity index (χ1v) is 14.4. The van der Waals surface area contributed by atoms with Crippen LogP contribution in [-0.4, -0.2) is 57.9 Å². The van der Waals surface area contributed by atoms with Gasteiger partial charge < -0.3 is 10.2 Å². The van der Waals surface area contributed by atoms with Crippen LogP contribution >= 0.6 is 11.8 Å². The summed E-state index contributed by atoms with van der Waals surface area (Å²) in [5.41, 5.74) is 1.76. The zero-order valence-corrected chi connectivity index (χ0v) is 21.6. The lowest BCUT2D eigenvalue weighted by atomic mass is 9.88. The lowest BCUT2D eigenvalue weighted by Gasteiger charge is -2.37. The molecule has 7 heteroatoms. The van der Waals surface area contributed by atoms with Crippen LogP contribution in [0, 0.1) is 11.7 Å². The molecule has 1 saturated carbocycles. The Bertz CT molecular complexity index is 1020. The monoisotopic (exact) mass is 509 g/mol. The zero-order chi connectivity index (χ0) is 24.9. The summed E-state index contributed by atoms with van der Waals surface area (Å²) < 4.78 is 13.5. The molecule has 2 heterocycles. The predicted molar refractivity (Wildman–Crippen MR) is 142 cm³/mol. The number of nitrogens with one attached hydrogen (secondary N) is 1. The number of halogens is 1. The van der Waals surface area contributed by atoms with E-state index in [2.05, 4.69) is 34.5 Å². The molecule has 5 nitrogen and oxygen atoms in total. The average molecular weight is 510 g/mol. The van der Waals surface area contributed by atoms with Gasteiger partial charge in [0, 0.05) is 37.0 Å². The standard InChI is InChI=1S/C29H36FN3O2S/c30-24-13-11-22(12-14-24)28(35)33-26(20-36-29(33)23-9-5-2-6-10-23)27(34)31-25-15-17-32(18-16-25)19-21-7-3-1-4-8-21/h1,3-4,7-8,11-14,23,25-26,29H,2,5-6,9-10,15-20H2,(H,31,34). The number of benzene rings is 2. The molecule has 5 rings (SSSR count). The fourth-order valence-corrected chi connectivity index (χ4v) is 7.52. The summed E-state index contributed by atoms with van der Waals surface area (Å²) >= 11 is 1.75. The van der Waals surface area contributed by atoms with Gasteiger partial charge in [0.15, 0.2) is 0 Å². The van der Waals surface area contributed by atoms with E-state index in [1.165, 1.54) is 49.1 Å². The topological polar surface area (TPSA) is 52.7 Å². The molecule has 1 N–H and O–H groups in total. The molecular weight excluding hydrogens is 473 g/mol. The molecule has 192 valence electrons. The van der Waals surface area contributed by atoms with Crippen molar-refractivity contribution in [3.8, 4) is 0 Å². The van der Waals surface area contributed by atoms with Crippen molar-refractivity contribution in [3.63, 3.8) is 0 Å². The van der Waals surface area contributed by atoms with E-state index in [0.29, 0.717) is 17.2 Å². The van der Waals surface area contributed by atoms with Crippen molar-refractivity contribution in [2.45, 2.75) is 68.9 Å². The number of amides is 2. The number of likely N-dealkylation sites (tertiary alicyclic amines) is 1. The summed E-state index contributed by atoms with van der Waals surface area (Å²) in [5.74, 6) is 0.463. The normalized spacial score (nSPS) is 24.1. The first-order valence-electron chi connectivity index (χ1n) is 13.3. The fraction of sp³-hybridized carbons (Fsp3) is 0.517. The lowest BCUT2D eigenvalue weighted by molar-refractivity contribution is -0.126. The molecule has 0 spiro atoms. The third-order valence-corrected chi connectivity index (χ3v) is 9.36. The van der Waals surface area contributed by atoms with E-state index in [1.807, 2.05) is 11.0 Å². The maximum absolute atomic E-state index is 13.6. The van der Waals surface area contributed by atoms with Gasteiger partial charge in [-0.25, -0.2) is 4.39 Å². The average Bonchev–Trinajstić information content (AvgIpc) is 3.36. The highest BCUT2D eigenvalue weighted by Crippen LogP contribution is 2.41. The fourth-order valence-electron chi connectivity index (χ4n) is 5.89. The second-order valence-corrected chi connectivity index (χ2v) is 11.6. The van der Waals surface area contributed by atoms with Gasteiger partial charge in [0.05, 0.1) is 5.37 Å². The van der Waals surface area contributed by atoms with Crippen molar-refractivity contribution < 1.29 is 14.0 Å². The molecule has 2 aliphatic heterocycles. The molecule has 2 amide bonds. The van der Waals surface area contributed by atoms with E-state index in [4.69, 9.17) is 0 Å². The Kier molecular flexibility index (Phi) is 8.27. The number of thioether (sulfide) groups is 1. The van der Waals surface area contributed by atoms with Crippen molar-refractivity contribution in [3.05, 3.63) is 71.5 Å². The molecule has 2 aromatic carbocycles. The van der Waals surface area contributed by atoms with Gasteiger partial charge in [-0.3, -0.25) is 14.5 Å². The minimum Gasteiger partial charge on any atom is -0.351 e. The highest BCUT2D eigenvalue weighted by Gasteiger charge is 2.45. The first kappa shape index (κ1) is 25.3. The van der Waals surface area contributed by atoms with Crippen LogP contribution in [-0.2, 0) is 11.3 Å². The second kappa shape index (κ2) is 11.8. The molecule has 0 bridgehead atoms. The van der Waals surface area contributed by atoms with Gasteiger partial charge in [-0.1, -0.05) is 49.6 Å². The van der Waals surface area contributed by atoms with Crippen LogP contribution in [0.4, 0.5) is 4.39 Å². The number of carbonyl (C=O) groups excluding carboxylic acids is 2. The van der Waals surface area contributed by atoms with Crippen molar-refractivity contribution >= 4 is 23.6 Å². The van der Waals surface area contributed by atoms with Crippen LogP contribution in [0.15, 0.2) is 54.6 Å². The van der Waals surface area contributed by atoms with Crippen LogP contribution in [0.3, 0.4) is 0 Å². The number of rotatable bonds is 6. The van der Waals surface area contributed by atoms with Crippen molar-refractivity contribution in [2.75, 3.05) is 18.8 Å². The zero-order valence-electron chi connectivity index (χ0n) is 20.8. The largest absolute Gasteiger partial charge is 0.351 e. The molecule has 36 heavy (non-hydrogen) atoms. The van der Waals surface area contributed by atoms with Crippen LogP contribution in [0.5, 0.6) is 0 Å². The molecule has 2 saturated heterocycles. The Labute approximate surface area is 217 Å². The summed E-state index contributed by atoms with van der Waals surface area (Å²) in [6.07, 6.45) is 7.62. The molecule has 2 unspecified atom stereocenters. The predicted octanol–water partition coefficient (Wildman–Crippen LogP) is 5.07. The lowest BCUT2D eigenvalue weighted by Crippen LogP contribution is -2.54. The maximum atomic E-state index is 13.6. The van der Waals surface area contributed by atoms with E-state index in [1.54, 1.807) is 11.8 Å². The Morgan fingerprint density at radius 2 is 1.61 bits per heavy atom. The quantitative estimate of drug-likeness (QED) is 0.591. The third-order valence-electron chi connectivity index (χ3n) is 7.90. The molecule has 2 aromatic rings. The van der Waals surface area contributed by atoms with Crippen LogP contribution in [0.1, 0.15) is 60.9 Å². The van der Waals surface area contributed by atoms with E-state index in [9.17, 15) is 14.0 Å². The molecule has 3 fully saturated rings. The Hall–Kier alpha value is -2.38. The van der Waals surface area contributed by atoms with Gasteiger partial charge in [-0.2, -0.15) is 0 Å². The number of carbonyl (C=O) groups is 2. The minimum atomic E-state index is -0.484. The number of piperidine rings is 1. The van der Waals surface area contributed by atoms with Crippen LogP contribution in [0.2, 0.25) is 0 Å². The summed E-state index contributed by atoms with van der Waals surface area (Å²) in [5, 5.41) is 3.29. The van der Waals surface area contributed by atoms with Gasteiger partial charge in [-0.15, -0.1) is 11.8 Å². The second-order valence-electron chi connectivity index (χ2n) is 10.4. The molecule has 1 aliphatic carbocycles. The van der Waals surface area contributed by atoms with Gasteiger partial charge in [0.1, 0.15) is 11.9 Å². The van der Waals surface area contributed by atoms with Gasteiger partial charge in [0.25, 0.3) is 5.91 Å². The van der Waals surface area contributed by atoms with Crippen LogP contribution < -0.4 is 5.32 Å². The number of hydrogen-bond donors (Lipinski definition) is 1. The van der Waals surface area contributed by atoms with E-state index >= 15 is 0 Å². The molecular formula is C29H36FN3O2S. The molecule has 0 radical (unpaired) electrons. The molecule has 0 aromatic heterocycles. The number of hydrogen-bond acceptors (Lipinski definition) is 4. The van der Waals surface area contributed by atoms with Crippen molar-refractivity contribution in [1.82, 2.24) is 15.1 Å². The Morgan fingerprint density at radius 1 is 0.917 bits per heavy atom. The Balaban J connectivity index is 1.23. The minimum absolute atomic E-state index is 0.00585. The van der Waals surface area contributed by atoms with E-state index < -0.39 is 6.04 Å². The van der Waals surface area contributed by atoms with Crippen molar-refractivity contribution in [2.24, 2.45) is 5.92 Å². The van der Waals surface area contributed by atoms with Gasteiger partial charge >= 0.3 is 0 Å². The summed E-state index contributed by atoms with van der Waals surface area (Å²) in [4.78, 5) is 31.4. The first-order chi connectivity index (χ1) is 17.6. The highest BCUT2D eigenvalue weighted by atomic mass is 32.2. The summed E-state index contributed by atoms with van der Waals surface area (Å²) in [7, 11) is 0. The maximum Gasteiger partial charge on any atom is 0.255 e. The van der Waals surface area contributed by atoms with E-state index in [0.717, 1.165) is 45.3 Å². The molecule has 2 atom stereocenters. The smallest absolute Gasteiger partial charge is 0.255 e. The van der Waals surface area contributed by atoms with Gasteiger partial charge in [0.2, 0.25) is 5.91 Å². The van der Waals surface area contributed by atoms with E-state index in [-0.39, 0.29) is 29.0 Å². The van der Waals surface area contributed by atoms with Crippen molar-refractivity contribution in [1.29, 1.82) is 0 Å². The highest BCUT2D eigenvalue weighted by molar-refractivity contribution is 8.00. The molecule has 3 aliphatic rings. The summed E-state index contributed by atoms with van der Waals surface area (Å²) in [6, 6.07) is 15.9. The van der Waals surface area contributed by atoms with Gasteiger partial charge in [-0.05, 0) is 61.4 Å². The summed E-state index contributed by atoms with van der Waals surface area (Å²) in [6.45, 7) is 2.83. The van der Waals surface area contributed by atoms with Crippen LogP contribution in [0.25, 0.3) is 0 Å². The Morgan fingerprint density at radius 3 is 2.31 bits per heavy atom. The SMILES string of the molecule is O=C(NC1CCN(Cc2ccccc2)CC1)C1CSC(C2CCCCC2)N1C(=O)c1ccc(F)cc1. The number of nitrogens with zero attached hydrogens (tertiary/aromatic N) is 2. The third kappa shape index (κ3) is 5.94.